The Kier molecular flexibility index (Phi) is 5.60. The number of halogens is 2. The summed E-state index contributed by atoms with van der Waals surface area (Å²) >= 11 is 0. The van der Waals surface area contributed by atoms with E-state index in [2.05, 4.69) is 10.3 Å². The predicted octanol–water partition coefficient (Wildman–Crippen LogP) is 1.60. The monoisotopic (exact) mass is 301 g/mol. The summed E-state index contributed by atoms with van der Waals surface area (Å²) < 4.78 is 26.6. The van der Waals surface area contributed by atoms with Gasteiger partial charge in [-0.2, -0.15) is 0 Å². The maximum atomic E-state index is 14.0. The summed E-state index contributed by atoms with van der Waals surface area (Å²) in [5, 5.41) is 12.4. The van der Waals surface area contributed by atoms with Crippen LogP contribution in [0.4, 0.5) is 14.5 Å². The van der Waals surface area contributed by atoms with Crippen LogP contribution in [-0.4, -0.2) is 40.5 Å². The molecular weight excluding hydrogens is 280 g/mol. The molecular formula is C14H21F2N3O2. The molecule has 0 aliphatic rings. The van der Waals surface area contributed by atoms with Gasteiger partial charge in [-0.3, -0.25) is 9.78 Å². The largest absolute Gasteiger partial charge is 0.387 e. The molecule has 21 heavy (non-hydrogen) atoms. The number of anilines is 1. The van der Waals surface area contributed by atoms with Crippen molar-refractivity contribution >= 4 is 11.6 Å². The van der Waals surface area contributed by atoms with Gasteiger partial charge in [0.1, 0.15) is 12.8 Å². The van der Waals surface area contributed by atoms with Crippen LogP contribution < -0.4 is 11.1 Å². The van der Waals surface area contributed by atoms with Gasteiger partial charge in [-0.1, -0.05) is 0 Å². The molecule has 0 unspecified atom stereocenters. The minimum atomic E-state index is -1.61. The van der Waals surface area contributed by atoms with E-state index < -0.39 is 30.4 Å². The smallest absolute Gasteiger partial charge is 0.252 e. The van der Waals surface area contributed by atoms with Crippen LogP contribution >= 0.6 is 0 Å². The minimum absolute atomic E-state index is 0.0182. The highest BCUT2D eigenvalue weighted by molar-refractivity contribution is 5.99. The van der Waals surface area contributed by atoms with Gasteiger partial charge in [-0.05, 0) is 26.8 Å². The standard InChI is InChI=1S/C14H21F2N3O2/c1-8(7-15)19-9-4-5-18-10(12(9)13(17)20)6-11(16)14(2,3)21/h4-5,8,11,21H,6-7H2,1-3H3,(H2,17,20)(H,18,19)/t8-,11+/m0/s1. The molecule has 1 heterocycles. The lowest BCUT2D eigenvalue weighted by molar-refractivity contribution is -0.00307. The molecule has 0 radical (unpaired) electrons. The second-order valence-corrected chi connectivity index (χ2v) is 5.57. The summed E-state index contributed by atoms with van der Waals surface area (Å²) in [6, 6.07) is 0.960. The molecule has 1 aromatic rings. The second kappa shape index (κ2) is 6.80. The van der Waals surface area contributed by atoms with E-state index in [1.54, 1.807) is 6.92 Å². The number of carbonyl (C=O) groups excluding carboxylic acids is 1. The first-order valence-electron chi connectivity index (χ1n) is 6.63. The van der Waals surface area contributed by atoms with E-state index in [-0.39, 0.29) is 17.7 Å². The summed E-state index contributed by atoms with van der Waals surface area (Å²) in [5.41, 5.74) is 4.21. The first-order chi connectivity index (χ1) is 9.66. The number of aromatic nitrogens is 1. The Hall–Kier alpha value is -1.76. The highest BCUT2D eigenvalue weighted by Crippen LogP contribution is 2.23. The molecule has 1 aromatic heterocycles. The van der Waals surface area contributed by atoms with Gasteiger partial charge in [-0.25, -0.2) is 8.78 Å². The molecule has 118 valence electrons. The summed E-state index contributed by atoms with van der Waals surface area (Å²) in [5.74, 6) is -0.783. The van der Waals surface area contributed by atoms with Crippen molar-refractivity contribution in [3.05, 3.63) is 23.5 Å². The summed E-state index contributed by atoms with van der Waals surface area (Å²) in [4.78, 5) is 15.6. The third kappa shape index (κ3) is 4.63. The van der Waals surface area contributed by atoms with Crippen molar-refractivity contribution in [3.8, 4) is 0 Å². The Balaban J connectivity index is 3.15. The van der Waals surface area contributed by atoms with Gasteiger partial charge < -0.3 is 16.2 Å². The number of rotatable bonds is 7. The zero-order chi connectivity index (χ0) is 16.2. The number of carbonyl (C=O) groups is 1. The lowest BCUT2D eigenvalue weighted by atomic mass is 9.96. The zero-order valence-electron chi connectivity index (χ0n) is 12.4. The topological polar surface area (TPSA) is 88.2 Å². The Morgan fingerprint density at radius 3 is 2.67 bits per heavy atom. The average Bonchev–Trinajstić information content (AvgIpc) is 2.37. The van der Waals surface area contributed by atoms with Gasteiger partial charge in [0.25, 0.3) is 5.91 Å². The molecule has 0 fully saturated rings. The second-order valence-electron chi connectivity index (χ2n) is 5.57. The van der Waals surface area contributed by atoms with Gasteiger partial charge >= 0.3 is 0 Å². The zero-order valence-corrected chi connectivity index (χ0v) is 12.4. The van der Waals surface area contributed by atoms with Crippen molar-refractivity contribution in [2.75, 3.05) is 12.0 Å². The Labute approximate surface area is 122 Å². The summed E-state index contributed by atoms with van der Waals surface area (Å²) in [6.07, 6.45) is -0.495. The molecule has 4 N–H and O–H groups in total. The van der Waals surface area contributed by atoms with Crippen molar-refractivity contribution in [1.82, 2.24) is 4.98 Å². The molecule has 0 aromatic carbocycles. The molecule has 0 saturated carbocycles. The normalized spacial score (nSPS) is 14.6. The van der Waals surface area contributed by atoms with Gasteiger partial charge in [0.15, 0.2) is 0 Å². The number of nitrogens with two attached hydrogens (primary N) is 1. The number of pyridine rings is 1. The number of primary amides is 1. The molecule has 1 rings (SSSR count). The van der Waals surface area contributed by atoms with Crippen LogP contribution in [0.15, 0.2) is 12.3 Å². The third-order valence-electron chi connectivity index (χ3n) is 3.05. The number of nitrogens with zero attached hydrogens (tertiary/aromatic N) is 1. The van der Waals surface area contributed by atoms with Crippen molar-refractivity contribution in [2.45, 2.75) is 45.0 Å². The molecule has 2 atom stereocenters. The Bertz CT molecular complexity index is 503. The van der Waals surface area contributed by atoms with Gasteiger partial charge in [0.2, 0.25) is 0 Å². The molecule has 0 aliphatic heterocycles. The van der Waals surface area contributed by atoms with E-state index in [4.69, 9.17) is 5.73 Å². The maximum absolute atomic E-state index is 14.0. The molecule has 0 aliphatic carbocycles. The van der Waals surface area contributed by atoms with E-state index in [1.807, 2.05) is 0 Å². The first kappa shape index (κ1) is 17.3. The molecule has 0 spiro atoms. The van der Waals surface area contributed by atoms with E-state index in [0.29, 0.717) is 5.69 Å². The van der Waals surface area contributed by atoms with Crippen molar-refractivity contribution in [2.24, 2.45) is 5.73 Å². The SMILES string of the molecule is C[C@@H](CF)Nc1ccnc(C[C@@H](F)C(C)(C)O)c1C(N)=O. The molecule has 7 heteroatoms. The van der Waals surface area contributed by atoms with Crippen LogP contribution in [0.5, 0.6) is 0 Å². The lowest BCUT2D eigenvalue weighted by Crippen LogP contribution is -2.35. The van der Waals surface area contributed by atoms with Crippen molar-refractivity contribution < 1.29 is 18.7 Å². The maximum Gasteiger partial charge on any atom is 0.252 e. The number of amides is 1. The molecule has 1 amide bonds. The average molecular weight is 301 g/mol. The fraction of sp³-hybridized carbons (Fsp3) is 0.571. The number of nitrogens with one attached hydrogen (secondary N) is 1. The van der Waals surface area contributed by atoms with Crippen LogP contribution in [0.25, 0.3) is 0 Å². The first-order valence-corrected chi connectivity index (χ1v) is 6.63. The fourth-order valence-corrected chi connectivity index (χ4v) is 1.78. The van der Waals surface area contributed by atoms with Crippen LogP contribution in [0, 0.1) is 0 Å². The van der Waals surface area contributed by atoms with Crippen molar-refractivity contribution in [3.63, 3.8) is 0 Å². The van der Waals surface area contributed by atoms with Crippen molar-refractivity contribution in [1.29, 1.82) is 0 Å². The summed E-state index contributed by atoms with van der Waals surface area (Å²) in [7, 11) is 0. The fourth-order valence-electron chi connectivity index (χ4n) is 1.78. The Morgan fingerprint density at radius 1 is 1.57 bits per heavy atom. The van der Waals surface area contributed by atoms with Crippen LogP contribution in [0.2, 0.25) is 0 Å². The molecule has 0 saturated heterocycles. The van der Waals surface area contributed by atoms with Gasteiger partial charge in [0.05, 0.1) is 28.6 Å². The molecule has 0 bridgehead atoms. The number of alkyl halides is 2. The quantitative estimate of drug-likeness (QED) is 0.714. The Morgan fingerprint density at radius 2 is 2.19 bits per heavy atom. The highest BCUT2D eigenvalue weighted by Gasteiger charge is 2.29. The number of hydrogen-bond donors (Lipinski definition) is 3. The molecule has 5 nitrogen and oxygen atoms in total. The van der Waals surface area contributed by atoms with Gasteiger partial charge in [-0.15, -0.1) is 0 Å². The number of aliphatic hydroxyl groups is 1. The summed E-state index contributed by atoms with van der Waals surface area (Å²) in [6.45, 7) is 3.62. The van der Waals surface area contributed by atoms with Crippen LogP contribution in [-0.2, 0) is 6.42 Å². The van der Waals surface area contributed by atoms with E-state index >= 15 is 0 Å². The lowest BCUT2D eigenvalue weighted by Gasteiger charge is -2.23. The third-order valence-corrected chi connectivity index (χ3v) is 3.05. The highest BCUT2D eigenvalue weighted by atomic mass is 19.1. The van der Waals surface area contributed by atoms with Crippen LogP contribution in [0.1, 0.15) is 36.8 Å². The van der Waals surface area contributed by atoms with E-state index in [9.17, 15) is 18.7 Å². The number of hydrogen-bond acceptors (Lipinski definition) is 4. The van der Waals surface area contributed by atoms with Crippen LogP contribution in [0.3, 0.4) is 0 Å². The van der Waals surface area contributed by atoms with Gasteiger partial charge in [0, 0.05) is 12.6 Å². The van der Waals surface area contributed by atoms with E-state index in [0.717, 1.165) is 0 Å². The predicted molar refractivity (Wildman–Crippen MR) is 76.7 cm³/mol. The minimum Gasteiger partial charge on any atom is -0.387 e. The van der Waals surface area contributed by atoms with E-state index in [1.165, 1.54) is 26.1 Å².